The van der Waals surface area contributed by atoms with Gasteiger partial charge in [0.05, 0.1) is 0 Å². The number of hydrogen-bond donors (Lipinski definition) is 1. The zero-order chi connectivity index (χ0) is 13.9. The molecular formula is C15H13FN4. The first-order valence-electron chi connectivity index (χ1n) is 6.27. The molecule has 0 atom stereocenters. The van der Waals surface area contributed by atoms with Gasteiger partial charge in [0, 0.05) is 24.3 Å². The van der Waals surface area contributed by atoms with Crippen molar-refractivity contribution in [3.63, 3.8) is 0 Å². The summed E-state index contributed by atoms with van der Waals surface area (Å²) in [4.78, 5) is 12.3. The number of benzene rings is 1. The highest BCUT2D eigenvalue weighted by Gasteiger charge is 2.07. The molecule has 3 aromatic rings. The third-order valence-electron chi connectivity index (χ3n) is 3.01. The maximum absolute atomic E-state index is 13.7. The molecule has 0 saturated heterocycles. The Morgan fingerprint density at radius 2 is 2.10 bits per heavy atom. The van der Waals surface area contributed by atoms with Gasteiger partial charge in [-0.2, -0.15) is 0 Å². The summed E-state index contributed by atoms with van der Waals surface area (Å²) in [6.07, 6.45) is 4.96. The first-order chi connectivity index (χ1) is 9.74. The van der Waals surface area contributed by atoms with Crippen LogP contribution in [0.15, 0.2) is 43.0 Å². The van der Waals surface area contributed by atoms with Crippen molar-refractivity contribution in [2.45, 2.75) is 13.5 Å². The standard InChI is InChI=1S/C15H13FN4/c1-10-5-11(7-17-6-10)8-18-15-12-3-2-4-13(16)14(12)19-9-20-15/h2-7,9H,8H2,1H3,(H,18,19,20). The van der Waals surface area contributed by atoms with Crippen LogP contribution in [0.4, 0.5) is 10.2 Å². The first-order valence-corrected chi connectivity index (χ1v) is 6.27. The van der Waals surface area contributed by atoms with Gasteiger partial charge in [-0.05, 0) is 30.2 Å². The molecule has 0 amide bonds. The summed E-state index contributed by atoms with van der Waals surface area (Å²) in [7, 11) is 0. The molecular weight excluding hydrogens is 255 g/mol. The lowest BCUT2D eigenvalue weighted by atomic mass is 10.2. The van der Waals surface area contributed by atoms with E-state index in [2.05, 4.69) is 20.3 Å². The molecule has 1 N–H and O–H groups in total. The molecule has 0 aliphatic carbocycles. The summed E-state index contributed by atoms with van der Waals surface area (Å²) in [6, 6.07) is 6.89. The third-order valence-corrected chi connectivity index (χ3v) is 3.01. The van der Waals surface area contributed by atoms with Crippen LogP contribution in [-0.2, 0) is 6.54 Å². The smallest absolute Gasteiger partial charge is 0.149 e. The highest BCUT2D eigenvalue weighted by molar-refractivity contribution is 5.89. The Hall–Kier alpha value is -2.56. The Morgan fingerprint density at radius 1 is 1.20 bits per heavy atom. The van der Waals surface area contributed by atoms with E-state index >= 15 is 0 Å². The van der Waals surface area contributed by atoms with Gasteiger partial charge in [-0.1, -0.05) is 12.1 Å². The average Bonchev–Trinajstić information content (AvgIpc) is 2.46. The molecule has 4 nitrogen and oxygen atoms in total. The van der Waals surface area contributed by atoms with Gasteiger partial charge in [-0.15, -0.1) is 0 Å². The number of aryl methyl sites for hydroxylation is 1. The van der Waals surface area contributed by atoms with Crippen LogP contribution in [0.2, 0.25) is 0 Å². The van der Waals surface area contributed by atoms with Gasteiger partial charge in [0.25, 0.3) is 0 Å². The number of pyridine rings is 1. The SMILES string of the molecule is Cc1cncc(CNc2ncnc3c(F)cccc23)c1. The average molecular weight is 268 g/mol. The number of rotatable bonds is 3. The number of fused-ring (bicyclic) bond motifs is 1. The predicted octanol–water partition coefficient (Wildman–Crippen LogP) is 3.08. The second kappa shape index (κ2) is 5.21. The maximum atomic E-state index is 13.7. The van der Waals surface area contributed by atoms with Crippen LogP contribution in [0.1, 0.15) is 11.1 Å². The Labute approximate surface area is 115 Å². The number of nitrogens with zero attached hydrogens (tertiary/aromatic N) is 3. The minimum atomic E-state index is -0.342. The van der Waals surface area contributed by atoms with Gasteiger partial charge in [0.15, 0.2) is 0 Å². The Morgan fingerprint density at radius 3 is 2.95 bits per heavy atom. The molecule has 1 aromatic carbocycles. The van der Waals surface area contributed by atoms with Gasteiger partial charge in [-0.25, -0.2) is 14.4 Å². The Kier molecular flexibility index (Phi) is 3.25. The van der Waals surface area contributed by atoms with Gasteiger partial charge < -0.3 is 5.32 Å². The fraction of sp³-hybridized carbons (Fsp3) is 0.133. The molecule has 100 valence electrons. The molecule has 3 rings (SSSR count). The van der Waals surface area contributed by atoms with E-state index in [0.29, 0.717) is 23.3 Å². The molecule has 0 saturated carbocycles. The minimum absolute atomic E-state index is 0.326. The van der Waals surface area contributed by atoms with Crippen LogP contribution < -0.4 is 5.32 Å². The van der Waals surface area contributed by atoms with Crippen LogP contribution in [0.3, 0.4) is 0 Å². The van der Waals surface area contributed by atoms with Gasteiger partial charge >= 0.3 is 0 Å². The van der Waals surface area contributed by atoms with E-state index in [-0.39, 0.29) is 5.82 Å². The van der Waals surface area contributed by atoms with E-state index in [1.54, 1.807) is 24.5 Å². The molecule has 2 aromatic heterocycles. The number of anilines is 1. The lowest BCUT2D eigenvalue weighted by Crippen LogP contribution is -2.03. The highest BCUT2D eigenvalue weighted by Crippen LogP contribution is 2.21. The molecule has 20 heavy (non-hydrogen) atoms. The van der Waals surface area contributed by atoms with E-state index in [9.17, 15) is 4.39 Å². The van der Waals surface area contributed by atoms with Gasteiger partial charge in [0.1, 0.15) is 23.5 Å². The second-order valence-electron chi connectivity index (χ2n) is 4.58. The molecule has 0 spiro atoms. The Bertz CT molecular complexity index is 758. The van der Waals surface area contributed by atoms with Crippen molar-refractivity contribution < 1.29 is 4.39 Å². The zero-order valence-electron chi connectivity index (χ0n) is 11.0. The summed E-state index contributed by atoms with van der Waals surface area (Å²) in [5.41, 5.74) is 2.48. The van der Waals surface area contributed by atoms with Crippen LogP contribution in [0, 0.1) is 12.7 Å². The molecule has 0 unspecified atom stereocenters. The summed E-state index contributed by atoms with van der Waals surface area (Å²) >= 11 is 0. The number of halogens is 1. The number of hydrogen-bond acceptors (Lipinski definition) is 4. The number of para-hydroxylation sites is 1. The van der Waals surface area contributed by atoms with Crippen molar-refractivity contribution in [1.29, 1.82) is 0 Å². The zero-order valence-corrected chi connectivity index (χ0v) is 11.0. The fourth-order valence-electron chi connectivity index (χ4n) is 2.09. The van der Waals surface area contributed by atoms with Crippen molar-refractivity contribution in [1.82, 2.24) is 15.0 Å². The predicted molar refractivity (Wildman–Crippen MR) is 75.8 cm³/mol. The van der Waals surface area contributed by atoms with Crippen LogP contribution in [0.25, 0.3) is 10.9 Å². The van der Waals surface area contributed by atoms with Crippen LogP contribution >= 0.6 is 0 Å². The van der Waals surface area contributed by atoms with E-state index in [1.165, 1.54) is 12.4 Å². The van der Waals surface area contributed by atoms with Crippen molar-refractivity contribution >= 4 is 16.7 Å². The summed E-state index contributed by atoms with van der Waals surface area (Å²) < 4.78 is 13.7. The fourth-order valence-corrected chi connectivity index (χ4v) is 2.09. The van der Waals surface area contributed by atoms with Crippen molar-refractivity contribution in [3.05, 3.63) is 59.9 Å². The molecule has 0 bridgehead atoms. The lowest BCUT2D eigenvalue weighted by molar-refractivity contribution is 0.636. The van der Waals surface area contributed by atoms with Crippen molar-refractivity contribution in [2.24, 2.45) is 0 Å². The summed E-state index contributed by atoms with van der Waals surface area (Å²) in [5.74, 6) is 0.279. The van der Waals surface area contributed by atoms with Gasteiger partial charge in [0.2, 0.25) is 0 Å². The summed E-state index contributed by atoms with van der Waals surface area (Å²) in [6.45, 7) is 2.57. The summed E-state index contributed by atoms with van der Waals surface area (Å²) in [5, 5.41) is 3.87. The lowest BCUT2D eigenvalue weighted by Gasteiger charge is -2.08. The van der Waals surface area contributed by atoms with Gasteiger partial charge in [-0.3, -0.25) is 4.98 Å². The van der Waals surface area contributed by atoms with E-state index in [1.807, 2.05) is 13.0 Å². The van der Waals surface area contributed by atoms with Crippen LogP contribution in [-0.4, -0.2) is 15.0 Å². The van der Waals surface area contributed by atoms with Crippen LogP contribution in [0.5, 0.6) is 0 Å². The number of nitrogens with one attached hydrogen (secondary N) is 1. The van der Waals surface area contributed by atoms with Crippen molar-refractivity contribution in [3.8, 4) is 0 Å². The van der Waals surface area contributed by atoms with E-state index in [4.69, 9.17) is 0 Å². The minimum Gasteiger partial charge on any atom is -0.365 e. The first kappa shape index (κ1) is 12.5. The van der Waals surface area contributed by atoms with E-state index < -0.39 is 0 Å². The normalized spacial score (nSPS) is 10.7. The Balaban J connectivity index is 1.90. The molecule has 2 heterocycles. The monoisotopic (exact) mass is 268 g/mol. The molecule has 0 radical (unpaired) electrons. The molecule has 0 fully saturated rings. The highest BCUT2D eigenvalue weighted by atomic mass is 19.1. The third kappa shape index (κ3) is 2.42. The molecule has 5 heteroatoms. The topological polar surface area (TPSA) is 50.7 Å². The van der Waals surface area contributed by atoms with Crippen molar-refractivity contribution in [2.75, 3.05) is 5.32 Å². The number of aromatic nitrogens is 3. The maximum Gasteiger partial charge on any atom is 0.149 e. The molecule has 0 aliphatic rings. The van der Waals surface area contributed by atoms with E-state index in [0.717, 1.165) is 11.1 Å². The molecule has 0 aliphatic heterocycles. The quantitative estimate of drug-likeness (QED) is 0.793. The second-order valence-corrected chi connectivity index (χ2v) is 4.58. The largest absolute Gasteiger partial charge is 0.365 e.